The van der Waals surface area contributed by atoms with Crippen LogP contribution in [0.5, 0.6) is 0 Å². The molecule has 1 aliphatic heterocycles. The van der Waals surface area contributed by atoms with E-state index in [2.05, 4.69) is 29.2 Å². The summed E-state index contributed by atoms with van der Waals surface area (Å²) in [7, 11) is 1.87. The average Bonchev–Trinajstić information content (AvgIpc) is 3.25. The molecule has 0 spiro atoms. The van der Waals surface area contributed by atoms with Crippen LogP contribution in [-0.2, 0) is 11.3 Å². The molecule has 0 aliphatic carbocycles. The van der Waals surface area contributed by atoms with Crippen LogP contribution in [0.3, 0.4) is 0 Å². The molecule has 3 rings (SSSR count). The van der Waals surface area contributed by atoms with E-state index in [0.29, 0.717) is 11.7 Å². The van der Waals surface area contributed by atoms with E-state index in [1.807, 2.05) is 25.2 Å². The molecule has 1 aromatic heterocycles. The second-order valence-electron chi connectivity index (χ2n) is 6.44. The summed E-state index contributed by atoms with van der Waals surface area (Å²) in [6.07, 6.45) is 6.05. The summed E-state index contributed by atoms with van der Waals surface area (Å²) < 4.78 is 5.20. The highest BCUT2D eigenvalue weighted by Crippen LogP contribution is 2.19. The van der Waals surface area contributed by atoms with Gasteiger partial charge in [0, 0.05) is 32.8 Å². The fourth-order valence-corrected chi connectivity index (χ4v) is 3.19. The van der Waals surface area contributed by atoms with Gasteiger partial charge in [0.2, 0.25) is 5.91 Å². The number of hydrogen-bond acceptors (Lipinski definition) is 3. The number of amides is 1. The number of nitrogens with zero attached hydrogens (tertiary/aromatic N) is 2. The Morgan fingerprint density at radius 2 is 2.12 bits per heavy atom. The van der Waals surface area contributed by atoms with E-state index in [-0.39, 0.29) is 5.91 Å². The minimum Gasteiger partial charge on any atom is -0.465 e. The lowest BCUT2D eigenvalue weighted by Gasteiger charge is -2.21. The molecule has 1 aromatic carbocycles. The quantitative estimate of drug-likeness (QED) is 0.765. The summed E-state index contributed by atoms with van der Waals surface area (Å²) in [5.74, 6) is 1.26. The predicted molar refractivity (Wildman–Crippen MR) is 95.2 cm³/mol. The third-order valence-corrected chi connectivity index (χ3v) is 4.46. The molecule has 0 unspecified atom stereocenters. The van der Waals surface area contributed by atoms with Gasteiger partial charge in [-0.05, 0) is 42.7 Å². The predicted octanol–water partition coefficient (Wildman–Crippen LogP) is 3.27. The zero-order valence-corrected chi connectivity index (χ0v) is 14.1. The maximum absolute atomic E-state index is 12.2. The van der Waals surface area contributed by atoms with Gasteiger partial charge < -0.3 is 9.32 Å². The lowest BCUT2D eigenvalue weighted by Crippen LogP contribution is -2.32. The number of likely N-dealkylation sites (N-methyl/N-ethyl adjacent to an activating group) is 1. The van der Waals surface area contributed by atoms with E-state index in [0.717, 1.165) is 32.6 Å². The highest BCUT2D eigenvalue weighted by Gasteiger charge is 2.24. The molecule has 1 fully saturated rings. The topological polar surface area (TPSA) is 36.7 Å². The molecule has 4 nitrogen and oxygen atoms in total. The van der Waals surface area contributed by atoms with Gasteiger partial charge in [0.15, 0.2) is 0 Å². The van der Waals surface area contributed by atoms with Crippen LogP contribution in [0.4, 0.5) is 0 Å². The van der Waals surface area contributed by atoms with E-state index in [4.69, 9.17) is 4.42 Å². The third-order valence-electron chi connectivity index (χ3n) is 4.46. The lowest BCUT2D eigenvalue weighted by molar-refractivity contribution is -0.125. The van der Waals surface area contributed by atoms with Crippen LogP contribution in [-0.4, -0.2) is 42.4 Å². The van der Waals surface area contributed by atoms with Gasteiger partial charge in [-0.3, -0.25) is 9.69 Å². The molecule has 2 aromatic rings. The Kier molecular flexibility index (Phi) is 5.49. The molecule has 1 amide bonds. The second-order valence-corrected chi connectivity index (χ2v) is 6.44. The van der Waals surface area contributed by atoms with Crippen molar-refractivity contribution in [2.45, 2.75) is 13.0 Å². The Balaban J connectivity index is 1.45. The number of benzene rings is 1. The maximum Gasteiger partial charge on any atom is 0.246 e. The largest absolute Gasteiger partial charge is 0.465 e. The van der Waals surface area contributed by atoms with Crippen molar-refractivity contribution in [3.05, 3.63) is 66.1 Å². The molecular formula is C20H24N2O2. The zero-order chi connectivity index (χ0) is 16.8. The molecule has 0 N–H and O–H groups in total. The first-order chi connectivity index (χ1) is 11.7. The third kappa shape index (κ3) is 4.59. The molecule has 0 saturated carbocycles. The Labute approximate surface area is 143 Å². The Morgan fingerprint density at radius 3 is 2.88 bits per heavy atom. The first-order valence-electron chi connectivity index (χ1n) is 8.43. The first kappa shape index (κ1) is 16.5. The van der Waals surface area contributed by atoms with Crippen molar-refractivity contribution in [2.75, 3.05) is 26.7 Å². The van der Waals surface area contributed by atoms with Gasteiger partial charge in [-0.25, -0.2) is 0 Å². The normalized spacial score (nSPS) is 18.3. The molecule has 1 atom stereocenters. The summed E-state index contributed by atoms with van der Waals surface area (Å²) in [6.45, 7) is 3.94. The highest BCUT2D eigenvalue weighted by molar-refractivity contribution is 5.91. The standard InChI is InChI=1S/C20H24N2O2/c1-21(20(23)10-9-19-8-5-13-24-19)14-18-11-12-22(16-18)15-17-6-3-2-4-7-17/h2-10,13,18H,11-12,14-16H2,1H3/b10-9-/t18-/m1/s1. The van der Waals surface area contributed by atoms with Crippen LogP contribution in [0.25, 0.3) is 6.08 Å². The van der Waals surface area contributed by atoms with Crippen LogP contribution in [0.2, 0.25) is 0 Å². The summed E-state index contributed by atoms with van der Waals surface area (Å²) in [5.41, 5.74) is 1.35. The van der Waals surface area contributed by atoms with E-state index < -0.39 is 0 Å². The lowest BCUT2D eigenvalue weighted by atomic mass is 10.1. The number of carbonyl (C=O) groups excluding carboxylic acids is 1. The summed E-state index contributed by atoms with van der Waals surface area (Å²) in [6, 6.07) is 14.2. The summed E-state index contributed by atoms with van der Waals surface area (Å²) >= 11 is 0. The molecule has 126 valence electrons. The van der Waals surface area contributed by atoms with Crippen molar-refractivity contribution >= 4 is 12.0 Å². The fraction of sp³-hybridized carbons (Fsp3) is 0.350. The first-order valence-corrected chi connectivity index (χ1v) is 8.43. The Morgan fingerprint density at radius 1 is 1.29 bits per heavy atom. The molecule has 1 saturated heterocycles. The molecule has 2 heterocycles. The van der Waals surface area contributed by atoms with Crippen molar-refractivity contribution in [3.8, 4) is 0 Å². The molecule has 4 heteroatoms. The van der Waals surface area contributed by atoms with Gasteiger partial charge in [0.05, 0.1) is 6.26 Å². The fourth-order valence-electron chi connectivity index (χ4n) is 3.19. The minimum atomic E-state index is 0.0212. The molecule has 0 radical (unpaired) electrons. The van der Waals surface area contributed by atoms with Gasteiger partial charge >= 0.3 is 0 Å². The molecule has 0 bridgehead atoms. The van der Waals surface area contributed by atoms with Crippen LogP contribution in [0, 0.1) is 5.92 Å². The van der Waals surface area contributed by atoms with Crippen molar-refractivity contribution in [2.24, 2.45) is 5.92 Å². The van der Waals surface area contributed by atoms with Gasteiger partial charge in [-0.2, -0.15) is 0 Å². The molecular weight excluding hydrogens is 300 g/mol. The smallest absolute Gasteiger partial charge is 0.246 e. The Hall–Kier alpha value is -2.33. The SMILES string of the molecule is CN(C[C@H]1CCN(Cc2ccccc2)C1)C(=O)/C=C\c1ccco1. The Bertz CT molecular complexity index is 664. The van der Waals surface area contributed by atoms with Crippen molar-refractivity contribution in [1.29, 1.82) is 0 Å². The van der Waals surface area contributed by atoms with Crippen LogP contribution >= 0.6 is 0 Å². The molecule has 24 heavy (non-hydrogen) atoms. The summed E-state index contributed by atoms with van der Waals surface area (Å²) in [5, 5.41) is 0. The zero-order valence-electron chi connectivity index (χ0n) is 14.1. The average molecular weight is 324 g/mol. The number of hydrogen-bond donors (Lipinski definition) is 0. The number of furan rings is 1. The van der Waals surface area contributed by atoms with Gasteiger partial charge in [0.25, 0.3) is 0 Å². The van der Waals surface area contributed by atoms with Crippen LogP contribution in [0.1, 0.15) is 17.7 Å². The monoisotopic (exact) mass is 324 g/mol. The van der Waals surface area contributed by atoms with Gasteiger partial charge in [-0.15, -0.1) is 0 Å². The van der Waals surface area contributed by atoms with Gasteiger partial charge in [0.1, 0.15) is 5.76 Å². The van der Waals surface area contributed by atoms with E-state index in [1.54, 1.807) is 23.3 Å². The van der Waals surface area contributed by atoms with E-state index in [1.165, 1.54) is 5.56 Å². The number of carbonyl (C=O) groups is 1. The van der Waals surface area contributed by atoms with Crippen molar-refractivity contribution in [1.82, 2.24) is 9.80 Å². The van der Waals surface area contributed by atoms with Crippen molar-refractivity contribution < 1.29 is 9.21 Å². The minimum absolute atomic E-state index is 0.0212. The van der Waals surface area contributed by atoms with Crippen LogP contribution in [0.15, 0.2) is 59.2 Å². The summed E-state index contributed by atoms with van der Waals surface area (Å²) in [4.78, 5) is 16.5. The maximum atomic E-state index is 12.2. The van der Waals surface area contributed by atoms with E-state index in [9.17, 15) is 4.79 Å². The number of rotatable bonds is 6. The van der Waals surface area contributed by atoms with Crippen LogP contribution < -0.4 is 0 Å². The second kappa shape index (κ2) is 7.97. The number of likely N-dealkylation sites (tertiary alicyclic amines) is 1. The molecule has 1 aliphatic rings. The highest BCUT2D eigenvalue weighted by atomic mass is 16.3. The van der Waals surface area contributed by atoms with Gasteiger partial charge in [-0.1, -0.05) is 30.3 Å². The van der Waals surface area contributed by atoms with Crippen molar-refractivity contribution in [3.63, 3.8) is 0 Å². The van der Waals surface area contributed by atoms with E-state index >= 15 is 0 Å².